The molecule has 0 unspecified atom stereocenters. The van der Waals surface area contributed by atoms with Crippen LogP contribution in [0.5, 0.6) is 0 Å². The molecule has 0 aliphatic carbocycles. The molecule has 0 atom stereocenters. The van der Waals surface area contributed by atoms with E-state index < -0.39 is 0 Å². The van der Waals surface area contributed by atoms with Crippen LogP contribution in [-0.4, -0.2) is 75.4 Å². The number of hydrogen-bond acceptors (Lipinski definition) is 5. The Labute approximate surface area is 174 Å². The molecule has 148 valence electrons. The van der Waals surface area contributed by atoms with E-state index in [1.807, 2.05) is 26.1 Å². The van der Waals surface area contributed by atoms with Crippen molar-refractivity contribution >= 4 is 35.8 Å². The number of piperazine rings is 1. The standard InChI is InChI=1S/C18H32N6O.HI/c1-18(2,25-5)14-22-17(19-3)21-13-15-6-7-20-16(12-15)24-10-8-23(4)9-11-24;/h6-7,12H,8-11,13-14H2,1-5H3,(H2,19,21,22);1H. The number of pyridine rings is 1. The van der Waals surface area contributed by atoms with Crippen molar-refractivity contribution in [1.29, 1.82) is 0 Å². The average Bonchev–Trinajstić information content (AvgIpc) is 2.62. The van der Waals surface area contributed by atoms with Gasteiger partial charge in [-0.25, -0.2) is 4.98 Å². The van der Waals surface area contributed by atoms with Crippen LogP contribution in [0.3, 0.4) is 0 Å². The highest BCUT2D eigenvalue weighted by molar-refractivity contribution is 14.0. The van der Waals surface area contributed by atoms with Crippen LogP contribution < -0.4 is 15.5 Å². The molecule has 1 aliphatic rings. The van der Waals surface area contributed by atoms with Crippen LogP contribution in [0.4, 0.5) is 5.82 Å². The summed E-state index contributed by atoms with van der Waals surface area (Å²) in [5.74, 6) is 1.82. The molecule has 8 heteroatoms. The van der Waals surface area contributed by atoms with Crippen LogP contribution in [0.25, 0.3) is 0 Å². The van der Waals surface area contributed by atoms with Crippen LogP contribution in [0.15, 0.2) is 23.3 Å². The number of nitrogens with zero attached hydrogens (tertiary/aromatic N) is 4. The van der Waals surface area contributed by atoms with Gasteiger partial charge in [0, 0.05) is 59.6 Å². The molecular formula is C18H33IN6O. The van der Waals surface area contributed by atoms with Crippen molar-refractivity contribution in [1.82, 2.24) is 20.5 Å². The number of rotatable bonds is 6. The number of aromatic nitrogens is 1. The van der Waals surface area contributed by atoms with Crippen LogP contribution in [0.1, 0.15) is 19.4 Å². The predicted octanol–water partition coefficient (Wildman–Crippen LogP) is 1.54. The lowest BCUT2D eigenvalue weighted by atomic mass is 10.1. The molecule has 1 aliphatic heterocycles. The third-order valence-corrected chi connectivity index (χ3v) is 4.55. The lowest BCUT2D eigenvalue weighted by molar-refractivity contribution is 0.0268. The molecule has 0 radical (unpaired) electrons. The molecule has 0 saturated carbocycles. The average molecular weight is 476 g/mol. The van der Waals surface area contributed by atoms with Gasteiger partial charge in [-0.3, -0.25) is 4.99 Å². The Balaban J connectivity index is 0.00000338. The summed E-state index contributed by atoms with van der Waals surface area (Å²) >= 11 is 0. The Morgan fingerprint density at radius 2 is 1.96 bits per heavy atom. The van der Waals surface area contributed by atoms with Crippen molar-refractivity contribution in [3.8, 4) is 0 Å². The number of ether oxygens (including phenoxy) is 1. The largest absolute Gasteiger partial charge is 0.377 e. The van der Waals surface area contributed by atoms with E-state index in [-0.39, 0.29) is 29.6 Å². The van der Waals surface area contributed by atoms with E-state index in [2.05, 4.69) is 43.5 Å². The van der Waals surface area contributed by atoms with Gasteiger partial charge in [0.2, 0.25) is 0 Å². The summed E-state index contributed by atoms with van der Waals surface area (Å²) in [5, 5.41) is 6.64. The quantitative estimate of drug-likeness (QED) is 0.369. The Bertz CT molecular complexity index is 573. The minimum absolute atomic E-state index is 0. The van der Waals surface area contributed by atoms with Crippen LogP contribution in [0, 0.1) is 0 Å². The molecule has 1 saturated heterocycles. The van der Waals surface area contributed by atoms with Gasteiger partial charge in [-0.05, 0) is 38.6 Å². The highest BCUT2D eigenvalue weighted by Crippen LogP contribution is 2.14. The Morgan fingerprint density at radius 1 is 1.27 bits per heavy atom. The number of likely N-dealkylation sites (N-methyl/N-ethyl adjacent to an activating group) is 1. The number of guanidine groups is 1. The zero-order valence-electron chi connectivity index (χ0n) is 16.6. The monoisotopic (exact) mass is 476 g/mol. The topological polar surface area (TPSA) is 65.0 Å². The first-order chi connectivity index (χ1) is 11.9. The Hall–Kier alpha value is -1.13. The minimum atomic E-state index is -0.233. The second kappa shape index (κ2) is 10.9. The van der Waals surface area contributed by atoms with Crippen molar-refractivity contribution in [2.75, 3.05) is 58.8 Å². The van der Waals surface area contributed by atoms with Gasteiger partial charge in [-0.15, -0.1) is 24.0 Å². The predicted molar refractivity (Wildman–Crippen MR) is 119 cm³/mol. The lowest BCUT2D eigenvalue weighted by Crippen LogP contribution is -2.45. The van der Waals surface area contributed by atoms with Gasteiger partial charge in [0.05, 0.1) is 5.60 Å². The summed E-state index contributed by atoms with van der Waals surface area (Å²) in [4.78, 5) is 13.5. The maximum atomic E-state index is 5.42. The van der Waals surface area contributed by atoms with E-state index in [9.17, 15) is 0 Å². The van der Waals surface area contributed by atoms with Crippen LogP contribution >= 0.6 is 24.0 Å². The van der Waals surface area contributed by atoms with E-state index in [0.29, 0.717) is 13.1 Å². The van der Waals surface area contributed by atoms with Crippen LogP contribution in [0.2, 0.25) is 0 Å². The van der Waals surface area contributed by atoms with Crippen molar-refractivity contribution in [3.63, 3.8) is 0 Å². The van der Waals surface area contributed by atoms with E-state index >= 15 is 0 Å². The molecule has 0 aromatic carbocycles. The highest BCUT2D eigenvalue weighted by atomic mass is 127. The number of halogens is 1. The van der Waals surface area contributed by atoms with E-state index in [4.69, 9.17) is 4.74 Å². The maximum Gasteiger partial charge on any atom is 0.191 e. The SMILES string of the molecule is CN=C(NCc1ccnc(N2CCN(C)CC2)c1)NCC(C)(C)OC.I. The first-order valence-corrected chi connectivity index (χ1v) is 8.81. The van der Waals surface area contributed by atoms with Gasteiger partial charge >= 0.3 is 0 Å². The van der Waals surface area contributed by atoms with Gasteiger partial charge in [-0.2, -0.15) is 0 Å². The molecule has 1 aromatic rings. The molecule has 0 spiro atoms. The van der Waals surface area contributed by atoms with Crippen molar-refractivity contribution in [3.05, 3.63) is 23.9 Å². The Morgan fingerprint density at radius 3 is 2.58 bits per heavy atom. The summed E-state index contributed by atoms with van der Waals surface area (Å²) in [5.41, 5.74) is 0.959. The van der Waals surface area contributed by atoms with E-state index in [1.165, 1.54) is 5.56 Å². The zero-order chi connectivity index (χ0) is 18.3. The van der Waals surface area contributed by atoms with Gasteiger partial charge in [0.15, 0.2) is 5.96 Å². The number of nitrogens with one attached hydrogen (secondary N) is 2. The second-order valence-corrected chi connectivity index (χ2v) is 7.06. The fraction of sp³-hybridized carbons (Fsp3) is 0.667. The first kappa shape index (κ1) is 22.9. The summed E-state index contributed by atoms with van der Waals surface area (Å²) < 4.78 is 5.42. The third-order valence-electron chi connectivity index (χ3n) is 4.55. The van der Waals surface area contributed by atoms with Gasteiger partial charge in [0.1, 0.15) is 5.82 Å². The number of anilines is 1. The molecule has 0 bridgehead atoms. The normalized spacial score (nSPS) is 16.2. The summed E-state index contributed by atoms with van der Waals surface area (Å²) in [6.07, 6.45) is 1.88. The summed E-state index contributed by atoms with van der Waals surface area (Å²) in [6.45, 7) is 9.68. The lowest BCUT2D eigenvalue weighted by Gasteiger charge is -2.33. The second-order valence-electron chi connectivity index (χ2n) is 7.06. The van der Waals surface area contributed by atoms with E-state index in [1.54, 1.807) is 14.2 Å². The number of hydrogen-bond donors (Lipinski definition) is 2. The van der Waals surface area contributed by atoms with E-state index in [0.717, 1.165) is 38.0 Å². The number of aliphatic imine (C=N–C) groups is 1. The smallest absolute Gasteiger partial charge is 0.191 e. The minimum Gasteiger partial charge on any atom is -0.377 e. The molecule has 2 rings (SSSR count). The van der Waals surface area contributed by atoms with Crippen LogP contribution in [-0.2, 0) is 11.3 Å². The fourth-order valence-electron chi connectivity index (χ4n) is 2.55. The first-order valence-electron chi connectivity index (χ1n) is 8.81. The van der Waals surface area contributed by atoms with Gasteiger partial charge < -0.3 is 25.2 Å². The molecule has 0 amide bonds. The van der Waals surface area contributed by atoms with Crippen molar-refractivity contribution < 1.29 is 4.74 Å². The maximum absolute atomic E-state index is 5.42. The van der Waals surface area contributed by atoms with Gasteiger partial charge in [0.25, 0.3) is 0 Å². The summed E-state index contributed by atoms with van der Waals surface area (Å²) in [6, 6.07) is 4.20. The zero-order valence-corrected chi connectivity index (χ0v) is 18.9. The highest BCUT2D eigenvalue weighted by Gasteiger charge is 2.17. The van der Waals surface area contributed by atoms with Gasteiger partial charge in [-0.1, -0.05) is 0 Å². The number of methoxy groups -OCH3 is 1. The summed E-state index contributed by atoms with van der Waals surface area (Å²) in [7, 11) is 5.65. The molecule has 1 aromatic heterocycles. The molecule has 7 nitrogen and oxygen atoms in total. The molecule has 26 heavy (non-hydrogen) atoms. The molecular weight excluding hydrogens is 443 g/mol. The fourth-order valence-corrected chi connectivity index (χ4v) is 2.55. The van der Waals surface area contributed by atoms with Crippen molar-refractivity contribution in [2.24, 2.45) is 4.99 Å². The van der Waals surface area contributed by atoms with Crippen molar-refractivity contribution in [2.45, 2.75) is 26.0 Å². The molecule has 2 heterocycles. The third kappa shape index (κ3) is 7.24. The molecule has 1 fully saturated rings. The molecule has 2 N–H and O–H groups in total. The Kier molecular flexibility index (Phi) is 9.59.